The Kier molecular flexibility index (Phi) is 3.71. The van der Waals surface area contributed by atoms with Crippen LogP contribution in [0.15, 0.2) is 58.7 Å². The van der Waals surface area contributed by atoms with Crippen LogP contribution in [0.2, 0.25) is 0 Å². The van der Waals surface area contributed by atoms with E-state index in [1.54, 1.807) is 10.9 Å². The van der Waals surface area contributed by atoms with E-state index in [0.717, 1.165) is 16.3 Å². The normalized spacial score (nSPS) is 10.7. The van der Waals surface area contributed by atoms with Crippen molar-refractivity contribution in [2.75, 3.05) is 0 Å². The second kappa shape index (κ2) is 5.81. The van der Waals surface area contributed by atoms with E-state index in [-0.39, 0.29) is 0 Å². The fraction of sp³-hybridized carbons (Fsp3) is 0.0769. The summed E-state index contributed by atoms with van der Waals surface area (Å²) in [6.45, 7) is 0.385. The first-order valence-electron chi connectivity index (χ1n) is 6.04. The summed E-state index contributed by atoms with van der Waals surface area (Å²) in [6.07, 6.45) is 1.73. The molecule has 0 spiro atoms. The average molecular weight is 284 g/mol. The topological polar surface area (TPSA) is 82.5 Å². The van der Waals surface area contributed by atoms with E-state index in [9.17, 15) is 0 Å². The second-order valence-corrected chi connectivity index (χ2v) is 4.97. The monoisotopic (exact) mass is 284 g/mol. The molecule has 100 valence electrons. The van der Waals surface area contributed by atoms with E-state index >= 15 is 0 Å². The van der Waals surface area contributed by atoms with Gasteiger partial charge in [0, 0.05) is 17.6 Å². The van der Waals surface area contributed by atoms with Gasteiger partial charge in [-0.3, -0.25) is 4.98 Å². The quantitative estimate of drug-likeness (QED) is 0.784. The van der Waals surface area contributed by atoms with Crippen molar-refractivity contribution in [1.82, 2.24) is 25.2 Å². The Morgan fingerprint density at radius 2 is 1.95 bits per heavy atom. The maximum atomic E-state index is 5.69. The van der Waals surface area contributed by atoms with Crippen LogP contribution in [0.3, 0.4) is 0 Å². The minimum absolute atomic E-state index is 0.385. The van der Waals surface area contributed by atoms with Crippen LogP contribution in [-0.4, -0.2) is 25.2 Å². The predicted molar refractivity (Wildman–Crippen MR) is 75.4 cm³/mol. The van der Waals surface area contributed by atoms with Crippen molar-refractivity contribution in [1.29, 1.82) is 0 Å². The number of nitrogens with zero attached hydrogens (tertiary/aromatic N) is 5. The maximum Gasteiger partial charge on any atom is 0.218 e. The van der Waals surface area contributed by atoms with Crippen LogP contribution in [0.25, 0.3) is 5.69 Å². The highest BCUT2D eigenvalue weighted by Gasteiger charge is 2.12. The number of hydrogen-bond acceptors (Lipinski definition) is 6. The number of benzene rings is 1. The van der Waals surface area contributed by atoms with E-state index in [0.29, 0.717) is 11.7 Å². The molecule has 0 fully saturated rings. The van der Waals surface area contributed by atoms with Gasteiger partial charge < -0.3 is 5.73 Å². The smallest absolute Gasteiger partial charge is 0.218 e. The summed E-state index contributed by atoms with van der Waals surface area (Å²) in [6, 6.07) is 13.6. The molecule has 2 heterocycles. The predicted octanol–water partition coefficient (Wildman–Crippen LogP) is 1.67. The standard InChI is InChI=1S/C13H12N6S/c14-9-11-12(7-4-8-15-11)20-13-16-17-18-19(13)10-5-2-1-3-6-10/h1-8H,9,14H2. The van der Waals surface area contributed by atoms with Gasteiger partial charge in [0.25, 0.3) is 0 Å². The van der Waals surface area contributed by atoms with Gasteiger partial charge in [-0.25, -0.2) is 0 Å². The van der Waals surface area contributed by atoms with Gasteiger partial charge in [-0.2, -0.15) is 4.68 Å². The molecule has 2 aromatic heterocycles. The summed E-state index contributed by atoms with van der Waals surface area (Å²) in [5, 5.41) is 12.5. The van der Waals surface area contributed by atoms with Crippen LogP contribution in [0.5, 0.6) is 0 Å². The largest absolute Gasteiger partial charge is 0.325 e. The lowest BCUT2D eigenvalue weighted by Crippen LogP contribution is -2.02. The van der Waals surface area contributed by atoms with Gasteiger partial charge in [-0.1, -0.05) is 18.2 Å². The van der Waals surface area contributed by atoms with Gasteiger partial charge in [0.2, 0.25) is 5.16 Å². The van der Waals surface area contributed by atoms with Crippen LogP contribution >= 0.6 is 11.8 Å². The van der Waals surface area contributed by atoms with Gasteiger partial charge in [-0.05, 0) is 46.5 Å². The molecule has 0 aliphatic rings. The van der Waals surface area contributed by atoms with E-state index in [2.05, 4.69) is 20.5 Å². The molecule has 0 aliphatic carbocycles. The molecule has 0 saturated carbocycles. The first-order chi connectivity index (χ1) is 9.88. The number of nitrogens with two attached hydrogens (primary N) is 1. The molecule has 0 radical (unpaired) electrons. The van der Waals surface area contributed by atoms with Gasteiger partial charge in [-0.15, -0.1) is 5.10 Å². The third-order valence-corrected chi connectivity index (χ3v) is 3.71. The van der Waals surface area contributed by atoms with Crippen molar-refractivity contribution in [3.05, 3.63) is 54.4 Å². The van der Waals surface area contributed by atoms with Gasteiger partial charge in [0.15, 0.2) is 0 Å². The molecule has 3 aromatic rings. The van der Waals surface area contributed by atoms with Gasteiger partial charge >= 0.3 is 0 Å². The SMILES string of the molecule is NCc1ncccc1Sc1nnnn1-c1ccccc1. The first-order valence-corrected chi connectivity index (χ1v) is 6.86. The van der Waals surface area contributed by atoms with Crippen LogP contribution in [0, 0.1) is 0 Å². The number of aromatic nitrogens is 5. The molecular weight excluding hydrogens is 272 g/mol. The zero-order valence-electron chi connectivity index (χ0n) is 10.5. The molecule has 1 aromatic carbocycles. The Morgan fingerprint density at radius 1 is 1.10 bits per heavy atom. The summed E-state index contributed by atoms with van der Waals surface area (Å²) in [7, 11) is 0. The number of hydrogen-bond donors (Lipinski definition) is 1. The lowest BCUT2D eigenvalue weighted by molar-refractivity contribution is 0.756. The van der Waals surface area contributed by atoms with Gasteiger partial charge in [0.1, 0.15) is 0 Å². The van der Waals surface area contributed by atoms with Crippen LogP contribution in [-0.2, 0) is 6.54 Å². The van der Waals surface area contributed by atoms with Gasteiger partial charge in [0.05, 0.1) is 11.4 Å². The molecule has 0 unspecified atom stereocenters. The third-order valence-electron chi connectivity index (χ3n) is 2.68. The number of tetrazole rings is 1. The van der Waals surface area contributed by atoms with Crippen LogP contribution in [0.1, 0.15) is 5.69 Å². The number of para-hydroxylation sites is 1. The van der Waals surface area contributed by atoms with Crippen molar-refractivity contribution >= 4 is 11.8 Å². The van der Waals surface area contributed by atoms with Crippen molar-refractivity contribution in [2.45, 2.75) is 16.6 Å². The molecule has 0 amide bonds. The minimum Gasteiger partial charge on any atom is -0.325 e. The van der Waals surface area contributed by atoms with Crippen molar-refractivity contribution in [2.24, 2.45) is 5.73 Å². The molecule has 2 N–H and O–H groups in total. The van der Waals surface area contributed by atoms with E-state index in [4.69, 9.17) is 5.73 Å². The van der Waals surface area contributed by atoms with E-state index < -0.39 is 0 Å². The lowest BCUT2D eigenvalue weighted by Gasteiger charge is -2.06. The minimum atomic E-state index is 0.385. The maximum absolute atomic E-state index is 5.69. The fourth-order valence-corrected chi connectivity index (χ4v) is 2.64. The van der Waals surface area contributed by atoms with Crippen LogP contribution < -0.4 is 5.73 Å². The molecule has 0 aliphatic heterocycles. The Balaban J connectivity index is 1.95. The summed E-state index contributed by atoms with van der Waals surface area (Å²) < 4.78 is 1.69. The van der Waals surface area contributed by atoms with Crippen molar-refractivity contribution < 1.29 is 0 Å². The highest BCUT2D eigenvalue weighted by Crippen LogP contribution is 2.28. The molecule has 20 heavy (non-hydrogen) atoms. The van der Waals surface area contributed by atoms with E-state index in [1.165, 1.54) is 11.8 Å². The molecule has 0 saturated heterocycles. The third kappa shape index (κ3) is 2.54. The molecule has 0 atom stereocenters. The molecule has 3 rings (SSSR count). The van der Waals surface area contributed by atoms with E-state index in [1.807, 2.05) is 42.5 Å². The Bertz CT molecular complexity index is 697. The Hall–Kier alpha value is -2.25. The Labute approximate surface area is 120 Å². The Morgan fingerprint density at radius 3 is 2.75 bits per heavy atom. The molecular formula is C13H12N6S. The molecule has 6 nitrogen and oxygen atoms in total. The first kappa shape index (κ1) is 12.8. The number of pyridine rings is 1. The summed E-state index contributed by atoms with van der Waals surface area (Å²) in [5.74, 6) is 0. The highest BCUT2D eigenvalue weighted by atomic mass is 32.2. The average Bonchev–Trinajstić information content (AvgIpc) is 2.97. The zero-order chi connectivity index (χ0) is 13.8. The fourth-order valence-electron chi connectivity index (χ4n) is 1.74. The van der Waals surface area contributed by atoms with Crippen molar-refractivity contribution in [3.63, 3.8) is 0 Å². The highest BCUT2D eigenvalue weighted by molar-refractivity contribution is 7.99. The summed E-state index contributed by atoms with van der Waals surface area (Å²) in [5.41, 5.74) is 7.44. The number of rotatable bonds is 4. The summed E-state index contributed by atoms with van der Waals surface area (Å²) >= 11 is 1.45. The molecule has 0 bridgehead atoms. The second-order valence-electron chi connectivity index (χ2n) is 3.96. The van der Waals surface area contributed by atoms with Crippen LogP contribution in [0.4, 0.5) is 0 Å². The lowest BCUT2D eigenvalue weighted by atomic mass is 10.3. The van der Waals surface area contributed by atoms with Crippen molar-refractivity contribution in [3.8, 4) is 5.69 Å². The summed E-state index contributed by atoms with van der Waals surface area (Å²) in [4.78, 5) is 5.22. The molecule has 7 heteroatoms. The zero-order valence-corrected chi connectivity index (χ0v) is 11.4.